The Balaban J connectivity index is 2.73. The van der Waals surface area contributed by atoms with Gasteiger partial charge in [-0.1, -0.05) is 6.08 Å². The Morgan fingerprint density at radius 2 is 2.33 bits per heavy atom. The predicted molar refractivity (Wildman–Crippen MR) is 61.4 cm³/mol. The maximum Gasteiger partial charge on any atom is 0.336 e. The third-order valence-electron chi connectivity index (χ3n) is 1.76. The van der Waals surface area contributed by atoms with E-state index in [9.17, 15) is 4.79 Å². The van der Waals surface area contributed by atoms with Gasteiger partial charge in [0.15, 0.2) is 0 Å². The molecule has 0 aliphatic heterocycles. The zero-order valence-electron chi connectivity index (χ0n) is 8.07. The van der Waals surface area contributed by atoms with E-state index in [0.29, 0.717) is 16.8 Å². The van der Waals surface area contributed by atoms with Crippen LogP contribution in [0.2, 0.25) is 0 Å². The van der Waals surface area contributed by atoms with Crippen molar-refractivity contribution in [2.24, 2.45) is 0 Å². The molecule has 0 saturated carbocycles. The molecule has 1 aromatic rings. The monoisotopic (exact) mass is 270 g/mol. The molecule has 0 heterocycles. The summed E-state index contributed by atoms with van der Waals surface area (Å²) in [7, 11) is 0. The Bertz CT molecular complexity index is 374. The summed E-state index contributed by atoms with van der Waals surface area (Å²) in [4.78, 5) is 10.7. The van der Waals surface area contributed by atoms with Gasteiger partial charge in [-0.15, -0.1) is 6.58 Å². The number of ether oxygens (including phenoxy) is 1. The van der Waals surface area contributed by atoms with E-state index >= 15 is 0 Å². The molecule has 0 bridgehead atoms. The van der Waals surface area contributed by atoms with Crippen molar-refractivity contribution in [3.05, 3.63) is 40.9 Å². The summed E-state index contributed by atoms with van der Waals surface area (Å²) in [6.07, 6.45) is 2.53. The van der Waals surface area contributed by atoms with Gasteiger partial charge in [0.05, 0.1) is 12.2 Å². The number of benzene rings is 1. The summed E-state index contributed by atoms with van der Waals surface area (Å²) in [5.41, 5.74) is 0.228. The van der Waals surface area contributed by atoms with Crippen molar-refractivity contribution in [3.63, 3.8) is 0 Å². The number of carboxylic acids is 1. The minimum atomic E-state index is -0.959. The highest BCUT2D eigenvalue weighted by atomic mass is 79.9. The average molecular weight is 271 g/mol. The lowest BCUT2D eigenvalue weighted by Gasteiger charge is -2.06. The SMILES string of the molecule is C=CCCOc1ccc(C(=O)O)c(Br)c1. The predicted octanol–water partition coefficient (Wildman–Crippen LogP) is 3.10. The van der Waals surface area contributed by atoms with E-state index in [-0.39, 0.29) is 5.56 Å². The van der Waals surface area contributed by atoms with Crippen LogP contribution >= 0.6 is 15.9 Å². The first kappa shape index (κ1) is 11.8. The minimum absolute atomic E-state index is 0.228. The Kier molecular flexibility index (Phi) is 4.37. The second-order valence-electron chi connectivity index (χ2n) is 2.87. The lowest BCUT2D eigenvalue weighted by atomic mass is 10.2. The number of rotatable bonds is 5. The van der Waals surface area contributed by atoms with Crippen LogP contribution in [0.1, 0.15) is 16.8 Å². The molecule has 0 atom stereocenters. The summed E-state index contributed by atoms with van der Waals surface area (Å²) in [6.45, 7) is 4.12. The van der Waals surface area contributed by atoms with Crippen LogP contribution in [0, 0.1) is 0 Å². The molecule has 0 unspecified atom stereocenters. The van der Waals surface area contributed by atoms with Gasteiger partial charge in [-0.05, 0) is 40.5 Å². The van der Waals surface area contributed by atoms with Crippen molar-refractivity contribution in [3.8, 4) is 5.75 Å². The van der Waals surface area contributed by atoms with E-state index in [1.807, 2.05) is 0 Å². The Labute approximate surface area is 96.5 Å². The summed E-state index contributed by atoms with van der Waals surface area (Å²) >= 11 is 3.18. The highest BCUT2D eigenvalue weighted by Crippen LogP contribution is 2.23. The first-order valence-corrected chi connectivity index (χ1v) is 5.21. The Morgan fingerprint density at radius 3 is 2.87 bits per heavy atom. The standard InChI is InChI=1S/C11H11BrO3/c1-2-3-6-15-8-4-5-9(11(13)14)10(12)7-8/h2,4-5,7H,1,3,6H2,(H,13,14). The summed E-state index contributed by atoms with van der Waals surface area (Å²) in [6, 6.07) is 4.79. The van der Waals surface area contributed by atoms with Crippen LogP contribution in [0.4, 0.5) is 0 Å². The maximum absolute atomic E-state index is 10.7. The largest absolute Gasteiger partial charge is 0.493 e. The van der Waals surface area contributed by atoms with Gasteiger partial charge < -0.3 is 9.84 Å². The number of halogens is 1. The van der Waals surface area contributed by atoms with Crippen molar-refractivity contribution in [2.75, 3.05) is 6.61 Å². The second-order valence-corrected chi connectivity index (χ2v) is 3.73. The third kappa shape index (κ3) is 3.40. The van der Waals surface area contributed by atoms with E-state index in [1.54, 1.807) is 18.2 Å². The molecule has 3 nitrogen and oxygen atoms in total. The molecule has 1 N–H and O–H groups in total. The van der Waals surface area contributed by atoms with Gasteiger partial charge >= 0.3 is 5.97 Å². The van der Waals surface area contributed by atoms with Crippen LogP contribution in [0.3, 0.4) is 0 Å². The van der Waals surface area contributed by atoms with Gasteiger partial charge in [0, 0.05) is 4.47 Å². The van der Waals surface area contributed by atoms with Crippen LogP contribution in [0.25, 0.3) is 0 Å². The molecule has 80 valence electrons. The van der Waals surface area contributed by atoms with E-state index in [4.69, 9.17) is 9.84 Å². The number of carbonyl (C=O) groups is 1. The third-order valence-corrected chi connectivity index (χ3v) is 2.42. The van der Waals surface area contributed by atoms with Crippen LogP contribution in [-0.2, 0) is 0 Å². The smallest absolute Gasteiger partial charge is 0.336 e. The first-order chi connectivity index (χ1) is 7.15. The average Bonchev–Trinajstić information content (AvgIpc) is 2.17. The van der Waals surface area contributed by atoms with Crippen molar-refractivity contribution >= 4 is 21.9 Å². The zero-order valence-corrected chi connectivity index (χ0v) is 9.66. The molecule has 0 fully saturated rings. The Morgan fingerprint density at radius 1 is 1.60 bits per heavy atom. The van der Waals surface area contributed by atoms with Crippen LogP contribution in [-0.4, -0.2) is 17.7 Å². The van der Waals surface area contributed by atoms with Gasteiger partial charge in [-0.3, -0.25) is 0 Å². The van der Waals surface area contributed by atoms with E-state index < -0.39 is 5.97 Å². The number of aromatic carboxylic acids is 1. The summed E-state index contributed by atoms with van der Waals surface area (Å²) < 4.78 is 5.89. The van der Waals surface area contributed by atoms with Gasteiger partial charge in [0.25, 0.3) is 0 Å². The fourth-order valence-electron chi connectivity index (χ4n) is 1.02. The van der Waals surface area contributed by atoms with Crippen LogP contribution < -0.4 is 4.74 Å². The second kappa shape index (κ2) is 5.56. The fraction of sp³-hybridized carbons (Fsp3) is 0.182. The molecule has 0 aromatic heterocycles. The molecule has 0 amide bonds. The van der Waals surface area contributed by atoms with Crippen molar-refractivity contribution in [1.82, 2.24) is 0 Å². The van der Waals surface area contributed by atoms with E-state index in [1.165, 1.54) is 6.07 Å². The van der Waals surface area contributed by atoms with Crippen molar-refractivity contribution < 1.29 is 14.6 Å². The molecule has 1 aromatic carbocycles. The highest BCUT2D eigenvalue weighted by Gasteiger charge is 2.08. The van der Waals surface area contributed by atoms with E-state index in [2.05, 4.69) is 22.5 Å². The van der Waals surface area contributed by atoms with Crippen LogP contribution in [0.15, 0.2) is 35.3 Å². The topological polar surface area (TPSA) is 46.5 Å². The number of hydrogen-bond acceptors (Lipinski definition) is 2. The first-order valence-electron chi connectivity index (χ1n) is 4.41. The summed E-state index contributed by atoms with van der Waals surface area (Å²) in [5.74, 6) is -0.312. The quantitative estimate of drug-likeness (QED) is 0.661. The van der Waals surface area contributed by atoms with Gasteiger partial charge in [0.2, 0.25) is 0 Å². The lowest BCUT2D eigenvalue weighted by Crippen LogP contribution is -1.99. The lowest BCUT2D eigenvalue weighted by molar-refractivity contribution is 0.0696. The van der Waals surface area contributed by atoms with Gasteiger partial charge in [-0.25, -0.2) is 4.79 Å². The van der Waals surface area contributed by atoms with Gasteiger partial charge in [-0.2, -0.15) is 0 Å². The molecule has 0 spiro atoms. The van der Waals surface area contributed by atoms with Crippen molar-refractivity contribution in [2.45, 2.75) is 6.42 Å². The molecule has 4 heteroatoms. The van der Waals surface area contributed by atoms with Gasteiger partial charge in [0.1, 0.15) is 5.75 Å². The molecule has 15 heavy (non-hydrogen) atoms. The van der Waals surface area contributed by atoms with E-state index in [0.717, 1.165) is 6.42 Å². The number of hydrogen-bond donors (Lipinski definition) is 1. The molecular formula is C11H11BrO3. The fourth-order valence-corrected chi connectivity index (χ4v) is 1.55. The number of carboxylic acid groups (broad SMARTS) is 1. The molecule has 0 saturated heterocycles. The molecular weight excluding hydrogens is 260 g/mol. The minimum Gasteiger partial charge on any atom is -0.493 e. The highest BCUT2D eigenvalue weighted by molar-refractivity contribution is 9.10. The Hall–Kier alpha value is -1.29. The molecule has 0 aliphatic carbocycles. The van der Waals surface area contributed by atoms with Crippen LogP contribution in [0.5, 0.6) is 5.75 Å². The maximum atomic E-state index is 10.7. The van der Waals surface area contributed by atoms with Crippen molar-refractivity contribution in [1.29, 1.82) is 0 Å². The normalized spacial score (nSPS) is 9.67. The molecule has 0 radical (unpaired) electrons. The molecule has 1 rings (SSSR count). The molecule has 0 aliphatic rings. The zero-order chi connectivity index (χ0) is 11.3. The summed E-state index contributed by atoms with van der Waals surface area (Å²) in [5, 5.41) is 8.79.